The highest BCUT2D eigenvalue weighted by Gasteiger charge is 2.16. The number of hydrogen-bond donors (Lipinski definition) is 1. The summed E-state index contributed by atoms with van der Waals surface area (Å²) in [7, 11) is 5.37. The van der Waals surface area contributed by atoms with Crippen LogP contribution in [0.5, 0.6) is 0 Å². The molecule has 1 heterocycles. The Kier molecular flexibility index (Phi) is 5.69. The van der Waals surface area contributed by atoms with E-state index in [0.717, 1.165) is 6.54 Å². The highest BCUT2D eigenvalue weighted by atomic mass is 16.5. The van der Waals surface area contributed by atoms with E-state index in [1.807, 2.05) is 14.1 Å². The van der Waals surface area contributed by atoms with Crippen molar-refractivity contribution in [2.45, 2.75) is 19.9 Å². The molecule has 0 aliphatic carbocycles. The molecule has 0 amide bonds. The van der Waals surface area contributed by atoms with Gasteiger partial charge >= 0.3 is 5.97 Å². The molecule has 0 spiro atoms. The average Bonchev–Trinajstić information content (AvgIpc) is 2.36. The van der Waals surface area contributed by atoms with E-state index in [2.05, 4.69) is 38.8 Å². The highest BCUT2D eigenvalue weighted by molar-refractivity contribution is 5.87. The maximum absolute atomic E-state index is 11.4. The minimum Gasteiger partial charge on any atom is -0.464 e. The number of carbonyl (C=O) groups is 1. The van der Waals surface area contributed by atoms with Gasteiger partial charge in [0.05, 0.1) is 19.5 Å². The van der Waals surface area contributed by atoms with Gasteiger partial charge in [0.25, 0.3) is 0 Å². The molecule has 106 valence electrons. The fraction of sp³-hybridized carbons (Fsp3) is 0.615. The molecule has 0 bridgehead atoms. The molecule has 1 aromatic heterocycles. The van der Waals surface area contributed by atoms with Crippen molar-refractivity contribution in [1.82, 2.24) is 14.9 Å². The SMILES string of the molecule is COC(=O)c1cncc(NC(CN(C)C)C(C)C)n1. The summed E-state index contributed by atoms with van der Waals surface area (Å²) < 4.78 is 4.63. The third-order valence-corrected chi connectivity index (χ3v) is 2.73. The van der Waals surface area contributed by atoms with Crippen LogP contribution >= 0.6 is 0 Å². The first-order valence-corrected chi connectivity index (χ1v) is 6.25. The quantitative estimate of drug-likeness (QED) is 0.782. The van der Waals surface area contributed by atoms with E-state index in [9.17, 15) is 4.79 Å². The van der Waals surface area contributed by atoms with Crippen molar-refractivity contribution >= 4 is 11.8 Å². The Bertz CT molecular complexity index is 421. The van der Waals surface area contributed by atoms with Crippen LogP contribution in [0.1, 0.15) is 24.3 Å². The van der Waals surface area contributed by atoms with Crippen LogP contribution in [0, 0.1) is 5.92 Å². The smallest absolute Gasteiger partial charge is 0.358 e. The number of rotatable bonds is 6. The molecular weight excluding hydrogens is 244 g/mol. The van der Waals surface area contributed by atoms with Crippen LogP contribution in [0.2, 0.25) is 0 Å². The molecule has 0 saturated heterocycles. The summed E-state index contributed by atoms with van der Waals surface area (Å²) in [6.07, 6.45) is 3.00. The Morgan fingerprint density at radius 1 is 1.42 bits per heavy atom. The second-order valence-electron chi connectivity index (χ2n) is 5.04. The Balaban J connectivity index is 2.81. The monoisotopic (exact) mass is 266 g/mol. The van der Waals surface area contributed by atoms with E-state index in [1.54, 1.807) is 6.20 Å². The van der Waals surface area contributed by atoms with Crippen LogP contribution < -0.4 is 5.32 Å². The number of esters is 1. The van der Waals surface area contributed by atoms with Crippen molar-refractivity contribution in [3.8, 4) is 0 Å². The third kappa shape index (κ3) is 4.82. The number of ether oxygens (including phenoxy) is 1. The first-order chi connectivity index (χ1) is 8.93. The lowest BCUT2D eigenvalue weighted by atomic mass is 10.0. The number of likely N-dealkylation sites (N-methyl/N-ethyl adjacent to an activating group) is 1. The Morgan fingerprint density at radius 3 is 2.63 bits per heavy atom. The average molecular weight is 266 g/mol. The predicted octanol–water partition coefficient (Wildman–Crippen LogP) is 1.26. The van der Waals surface area contributed by atoms with E-state index >= 15 is 0 Å². The Morgan fingerprint density at radius 2 is 2.11 bits per heavy atom. The van der Waals surface area contributed by atoms with Crippen molar-refractivity contribution in [3.63, 3.8) is 0 Å². The van der Waals surface area contributed by atoms with E-state index < -0.39 is 5.97 Å². The van der Waals surface area contributed by atoms with Gasteiger partial charge in [0.1, 0.15) is 5.82 Å². The minimum atomic E-state index is -0.482. The fourth-order valence-corrected chi connectivity index (χ4v) is 1.64. The Hall–Kier alpha value is -1.69. The van der Waals surface area contributed by atoms with E-state index in [-0.39, 0.29) is 11.7 Å². The lowest BCUT2D eigenvalue weighted by Gasteiger charge is -2.26. The van der Waals surface area contributed by atoms with Gasteiger partial charge in [-0.2, -0.15) is 0 Å². The maximum atomic E-state index is 11.4. The second-order valence-corrected chi connectivity index (χ2v) is 5.04. The van der Waals surface area contributed by atoms with E-state index in [1.165, 1.54) is 13.3 Å². The molecule has 1 N–H and O–H groups in total. The number of aromatic nitrogens is 2. The largest absolute Gasteiger partial charge is 0.464 e. The summed E-state index contributed by atoms with van der Waals surface area (Å²) in [6, 6.07) is 0.234. The van der Waals surface area contributed by atoms with Gasteiger partial charge in [-0.15, -0.1) is 0 Å². The van der Waals surface area contributed by atoms with Crippen molar-refractivity contribution < 1.29 is 9.53 Å². The topological polar surface area (TPSA) is 67.3 Å². The number of carbonyl (C=O) groups excluding carboxylic acids is 1. The van der Waals surface area contributed by atoms with Crippen molar-refractivity contribution in [2.24, 2.45) is 5.92 Å². The molecule has 0 fully saturated rings. The first-order valence-electron chi connectivity index (χ1n) is 6.25. The summed E-state index contributed by atoms with van der Waals surface area (Å²) in [5.74, 6) is 0.541. The molecular formula is C13H22N4O2. The zero-order valence-electron chi connectivity index (χ0n) is 12.2. The molecule has 1 atom stereocenters. The number of anilines is 1. The van der Waals surface area contributed by atoms with Crippen molar-refractivity contribution in [3.05, 3.63) is 18.1 Å². The molecule has 1 unspecified atom stereocenters. The summed E-state index contributed by atoms with van der Waals surface area (Å²) >= 11 is 0. The van der Waals surface area contributed by atoms with E-state index in [4.69, 9.17) is 0 Å². The van der Waals surface area contributed by atoms with Gasteiger partial charge in [-0.1, -0.05) is 13.8 Å². The number of hydrogen-bond acceptors (Lipinski definition) is 6. The number of nitrogens with one attached hydrogen (secondary N) is 1. The molecule has 1 rings (SSSR count). The molecule has 6 nitrogen and oxygen atoms in total. The van der Waals surface area contributed by atoms with Crippen LogP contribution in [-0.2, 0) is 4.74 Å². The van der Waals surface area contributed by atoms with Gasteiger partial charge in [-0.3, -0.25) is 4.98 Å². The summed E-state index contributed by atoms with van der Waals surface area (Å²) in [6.45, 7) is 5.15. The van der Waals surface area contributed by atoms with Crippen LogP contribution in [0.4, 0.5) is 5.82 Å². The molecule has 0 aliphatic rings. The Labute approximate surface area is 114 Å². The minimum absolute atomic E-state index is 0.208. The molecule has 6 heteroatoms. The van der Waals surface area contributed by atoms with Gasteiger partial charge in [0, 0.05) is 12.6 Å². The summed E-state index contributed by atoms with van der Waals surface area (Å²) in [5, 5.41) is 3.31. The number of nitrogens with zero attached hydrogens (tertiary/aromatic N) is 3. The van der Waals surface area contributed by atoms with Gasteiger partial charge < -0.3 is 15.0 Å². The van der Waals surface area contributed by atoms with Crippen LogP contribution in [0.3, 0.4) is 0 Å². The first kappa shape index (κ1) is 15.4. The fourth-order valence-electron chi connectivity index (χ4n) is 1.64. The number of methoxy groups -OCH3 is 1. The lowest BCUT2D eigenvalue weighted by Crippen LogP contribution is -2.36. The molecule has 1 aromatic rings. The normalized spacial score (nSPS) is 12.6. The van der Waals surface area contributed by atoms with Gasteiger partial charge in [0.15, 0.2) is 5.69 Å². The predicted molar refractivity (Wildman–Crippen MR) is 74.2 cm³/mol. The molecule has 0 aliphatic heterocycles. The molecule has 19 heavy (non-hydrogen) atoms. The summed E-state index contributed by atoms with van der Waals surface area (Å²) in [5.41, 5.74) is 0.208. The van der Waals surface area contributed by atoms with Crippen molar-refractivity contribution in [1.29, 1.82) is 0 Å². The standard InChI is InChI=1S/C13H22N4O2/c1-9(2)11(8-17(3)4)16-12-7-14-6-10(15-12)13(18)19-5/h6-7,9,11H,8H2,1-5H3,(H,15,16). The molecule has 0 saturated carbocycles. The highest BCUT2D eigenvalue weighted by Crippen LogP contribution is 2.11. The van der Waals surface area contributed by atoms with Crippen LogP contribution in [0.15, 0.2) is 12.4 Å². The summed E-state index contributed by atoms with van der Waals surface area (Å²) in [4.78, 5) is 21.7. The second kappa shape index (κ2) is 7.04. The third-order valence-electron chi connectivity index (χ3n) is 2.73. The molecule has 0 radical (unpaired) electrons. The maximum Gasteiger partial charge on any atom is 0.358 e. The van der Waals surface area contributed by atoms with Crippen LogP contribution in [-0.4, -0.2) is 54.6 Å². The lowest BCUT2D eigenvalue weighted by molar-refractivity contribution is 0.0593. The zero-order chi connectivity index (χ0) is 14.4. The van der Waals surface area contributed by atoms with E-state index in [0.29, 0.717) is 11.7 Å². The van der Waals surface area contributed by atoms with Crippen molar-refractivity contribution in [2.75, 3.05) is 33.1 Å². The molecule has 0 aromatic carbocycles. The zero-order valence-corrected chi connectivity index (χ0v) is 12.2. The van der Waals surface area contributed by atoms with Gasteiger partial charge in [0.2, 0.25) is 0 Å². The van der Waals surface area contributed by atoms with Gasteiger partial charge in [-0.05, 0) is 20.0 Å². The van der Waals surface area contributed by atoms with Gasteiger partial charge in [-0.25, -0.2) is 9.78 Å². The van der Waals surface area contributed by atoms with Crippen LogP contribution in [0.25, 0.3) is 0 Å².